The molecule has 0 spiro atoms. The summed E-state index contributed by atoms with van der Waals surface area (Å²) in [5.41, 5.74) is 2.51. The molecule has 0 radical (unpaired) electrons. The summed E-state index contributed by atoms with van der Waals surface area (Å²) in [6.07, 6.45) is 1.72. The highest BCUT2D eigenvalue weighted by molar-refractivity contribution is 9.10. The molecule has 90 valence electrons. The maximum absolute atomic E-state index is 5.52. The van der Waals surface area contributed by atoms with Crippen LogP contribution in [0.2, 0.25) is 0 Å². The van der Waals surface area contributed by atoms with Crippen LogP contribution in [0.25, 0.3) is 0 Å². The van der Waals surface area contributed by atoms with Crippen LogP contribution < -0.4 is 5.32 Å². The van der Waals surface area contributed by atoms with Crippen molar-refractivity contribution in [3.8, 4) is 0 Å². The summed E-state index contributed by atoms with van der Waals surface area (Å²) in [7, 11) is 0. The maximum atomic E-state index is 5.52. The van der Waals surface area contributed by atoms with E-state index in [9.17, 15) is 0 Å². The minimum absolute atomic E-state index is 0.118. The number of hydrogen-bond donors (Lipinski definition) is 1. The number of halogens is 1. The predicted octanol–water partition coefficient (Wildman–Crippen LogP) is 4.05. The number of hydrogen-bond acceptors (Lipinski definition) is 2. The van der Waals surface area contributed by atoms with E-state index in [1.807, 2.05) is 12.1 Å². The topological polar surface area (TPSA) is 25.2 Å². The zero-order valence-electron chi connectivity index (χ0n) is 10.0. The lowest BCUT2D eigenvalue weighted by atomic mass is 9.99. The van der Waals surface area contributed by atoms with Crippen LogP contribution in [0.3, 0.4) is 0 Å². The smallest absolute Gasteiger partial charge is 0.125 e. The predicted molar refractivity (Wildman–Crippen MR) is 73.1 cm³/mol. The van der Waals surface area contributed by atoms with Gasteiger partial charge < -0.3 is 9.73 Å². The highest BCUT2D eigenvalue weighted by atomic mass is 79.9. The van der Waals surface area contributed by atoms with Crippen LogP contribution in [-0.2, 0) is 0 Å². The molecule has 0 saturated carbocycles. The second kappa shape index (κ2) is 5.52. The lowest BCUT2D eigenvalue weighted by Crippen LogP contribution is -2.22. The van der Waals surface area contributed by atoms with Crippen LogP contribution in [0.5, 0.6) is 0 Å². The minimum Gasteiger partial charge on any atom is -0.467 e. The van der Waals surface area contributed by atoms with Crippen LogP contribution in [0.15, 0.2) is 45.5 Å². The fraction of sp³-hybridized carbons (Fsp3) is 0.286. The van der Waals surface area contributed by atoms with Gasteiger partial charge in [0.15, 0.2) is 0 Å². The third-order valence-corrected chi connectivity index (χ3v) is 3.28. The zero-order chi connectivity index (χ0) is 12.3. The standard InChI is InChI=1S/C14H16BrNO/c1-3-16-14(13-5-4-8-17-13)12-9-11(15)7-6-10(12)2/h4-9,14,16H,3H2,1-2H3. The summed E-state index contributed by atoms with van der Waals surface area (Å²) in [4.78, 5) is 0. The third-order valence-electron chi connectivity index (χ3n) is 2.79. The van der Waals surface area contributed by atoms with Gasteiger partial charge in [-0.15, -0.1) is 0 Å². The number of aryl methyl sites for hydroxylation is 1. The molecule has 3 heteroatoms. The highest BCUT2D eigenvalue weighted by Crippen LogP contribution is 2.27. The SMILES string of the molecule is CCNC(c1ccco1)c1cc(Br)ccc1C. The lowest BCUT2D eigenvalue weighted by Gasteiger charge is -2.18. The second-order valence-corrected chi connectivity index (χ2v) is 4.92. The van der Waals surface area contributed by atoms with E-state index in [1.165, 1.54) is 11.1 Å². The third kappa shape index (κ3) is 2.79. The molecule has 2 nitrogen and oxygen atoms in total. The molecule has 1 unspecified atom stereocenters. The Morgan fingerprint density at radius 1 is 1.35 bits per heavy atom. The number of rotatable bonds is 4. The van der Waals surface area contributed by atoms with Gasteiger partial charge in [-0.25, -0.2) is 0 Å². The summed E-state index contributed by atoms with van der Waals surface area (Å²) in [5, 5.41) is 3.45. The maximum Gasteiger partial charge on any atom is 0.125 e. The van der Waals surface area contributed by atoms with E-state index >= 15 is 0 Å². The largest absolute Gasteiger partial charge is 0.467 e. The van der Waals surface area contributed by atoms with Crippen molar-refractivity contribution >= 4 is 15.9 Å². The summed E-state index contributed by atoms with van der Waals surface area (Å²) >= 11 is 3.52. The molecule has 0 bridgehead atoms. The van der Waals surface area contributed by atoms with Gasteiger partial charge >= 0.3 is 0 Å². The first-order chi connectivity index (χ1) is 8.22. The minimum atomic E-state index is 0.118. The van der Waals surface area contributed by atoms with Gasteiger partial charge in [0.25, 0.3) is 0 Å². The van der Waals surface area contributed by atoms with Gasteiger partial charge in [0.05, 0.1) is 12.3 Å². The molecule has 2 aromatic rings. The molecular weight excluding hydrogens is 278 g/mol. The van der Waals surface area contributed by atoms with Gasteiger partial charge in [-0.3, -0.25) is 0 Å². The van der Waals surface area contributed by atoms with Crippen molar-refractivity contribution in [2.24, 2.45) is 0 Å². The molecule has 17 heavy (non-hydrogen) atoms. The fourth-order valence-electron chi connectivity index (χ4n) is 1.95. The Hall–Kier alpha value is -1.06. The summed E-state index contributed by atoms with van der Waals surface area (Å²) in [5.74, 6) is 0.952. The molecule has 0 fully saturated rings. The van der Waals surface area contributed by atoms with Crippen LogP contribution in [0.1, 0.15) is 29.9 Å². The Labute approximate surface area is 110 Å². The molecule has 1 atom stereocenters. The lowest BCUT2D eigenvalue weighted by molar-refractivity contribution is 0.451. The molecule has 1 aromatic heterocycles. The molecule has 0 aliphatic rings. The molecular formula is C14H16BrNO. The number of furan rings is 1. The molecule has 0 aliphatic heterocycles. The average Bonchev–Trinajstić information content (AvgIpc) is 2.83. The second-order valence-electron chi connectivity index (χ2n) is 4.01. The van der Waals surface area contributed by atoms with Gasteiger partial charge in [-0.05, 0) is 48.9 Å². The van der Waals surface area contributed by atoms with Crippen molar-refractivity contribution in [2.45, 2.75) is 19.9 Å². The first-order valence-corrected chi connectivity index (χ1v) is 6.54. The number of benzene rings is 1. The van der Waals surface area contributed by atoms with E-state index in [0.717, 1.165) is 16.8 Å². The van der Waals surface area contributed by atoms with Crippen LogP contribution >= 0.6 is 15.9 Å². The Morgan fingerprint density at radius 2 is 2.18 bits per heavy atom. The van der Waals surface area contributed by atoms with E-state index in [2.05, 4.69) is 53.3 Å². The molecule has 1 aromatic carbocycles. The average molecular weight is 294 g/mol. The molecule has 0 saturated heterocycles. The van der Waals surface area contributed by atoms with Crippen LogP contribution in [-0.4, -0.2) is 6.54 Å². The van der Waals surface area contributed by atoms with Gasteiger partial charge in [0, 0.05) is 4.47 Å². The van der Waals surface area contributed by atoms with Gasteiger partial charge in [-0.2, -0.15) is 0 Å². The first-order valence-electron chi connectivity index (χ1n) is 5.75. The van der Waals surface area contributed by atoms with Crippen LogP contribution in [0.4, 0.5) is 0 Å². The molecule has 1 heterocycles. The Balaban J connectivity index is 2.42. The fourth-order valence-corrected chi connectivity index (χ4v) is 2.32. The van der Waals surface area contributed by atoms with E-state index in [1.54, 1.807) is 6.26 Å². The Kier molecular flexibility index (Phi) is 4.02. The highest BCUT2D eigenvalue weighted by Gasteiger charge is 2.17. The monoisotopic (exact) mass is 293 g/mol. The quantitative estimate of drug-likeness (QED) is 0.920. The van der Waals surface area contributed by atoms with Gasteiger partial charge in [0.1, 0.15) is 5.76 Å². The molecule has 1 N–H and O–H groups in total. The van der Waals surface area contributed by atoms with Crippen molar-refractivity contribution in [1.29, 1.82) is 0 Å². The van der Waals surface area contributed by atoms with Crippen molar-refractivity contribution in [2.75, 3.05) is 6.54 Å². The molecule has 0 aliphatic carbocycles. The normalized spacial score (nSPS) is 12.6. The van der Waals surface area contributed by atoms with E-state index in [4.69, 9.17) is 4.42 Å². The Bertz CT molecular complexity index is 479. The van der Waals surface area contributed by atoms with Gasteiger partial charge in [-0.1, -0.05) is 28.9 Å². The zero-order valence-corrected chi connectivity index (χ0v) is 11.6. The van der Waals surface area contributed by atoms with E-state index < -0.39 is 0 Å². The first kappa shape index (κ1) is 12.4. The Morgan fingerprint density at radius 3 is 2.82 bits per heavy atom. The van der Waals surface area contributed by atoms with Crippen LogP contribution in [0, 0.1) is 6.92 Å². The van der Waals surface area contributed by atoms with Gasteiger partial charge in [0.2, 0.25) is 0 Å². The molecule has 2 rings (SSSR count). The van der Waals surface area contributed by atoms with Crippen molar-refractivity contribution in [1.82, 2.24) is 5.32 Å². The summed E-state index contributed by atoms with van der Waals surface area (Å²) in [6.45, 7) is 5.12. The van der Waals surface area contributed by atoms with E-state index in [0.29, 0.717) is 0 Å². The van der Waals surface area contributed by atoms with Crippen molar-refractivity contribution in [3.05, 3.63) is 58.0 Å². The van der Waals surface area contributed by atoms with E-state index in [-0.39, 0.29) is 6.04 Å². The summed E-state index contributed by atoms with van der Waals surface area (Å²) in [6, 6.07) is 10.4. The van der Waals surface area contributed by atoms with Crippen molar-refractivity contribution < 1.29 is 4.42 Å². The van der Waals surface area contributed by atoms with Crippen molar-refractivity contribution in [3.63, 3.8) is 0 Å². The molecule has 0 amide bonds. The number of nitrogens with one attached hydrogen (secondary N) is 1. The summed E-state index contributed by atoms with van der Waals surface area (Å²) < 4.78 is 6.61.